The molecule has 0 saturated heterocycles. The van der Waals surface area contributed by atoms with Gasteiger partial charge in [-0.05, 0) is 29.7 Å². The number of ether oxygens (including phenoxy) is 2. The third-order valence-electron chi connectivity index (χ3n) is 4.10. The van der Waals surface area contributed by atoms with E-state index >= 15 is 0 Å². The summed E-state index contributed by atoms with van der Waals surface area (Å²) >= 11 is 0. The number of hydrogen-bond donors (Lipinski definition) is 2. The molecule has 0 radical (unpaired) electrons. The molecule has 0 aliphatic carbocycles. The summed E-state index contributed by atoms with van der Waals surface area (Å²) in [6.07, 6.45) is 0. The van der Waals surface area contributed by atoms with Crippen molar-refractivity contribution >= 4 is 5.96 Å². The minimum absolute atomic E-state index is 0.103. The van der Waals surface area contributed by atoms with E-state index in [1.165, 1.54) is 18.7 Å². The van der Waals surface area contributed by atoms with E-state index in [1.807, 2.05) is 18.2 Å². The Balaban J connectivity index is 1.97. The van der Waals surface area contributed by atoms with Gasteiger partial charge in [-0.1, -0.05) is 37.3 Å². The fourth-order valence-electron chi connectivity index (χ4n) is 2.58. The summed E-state index contributed by atoms with van der Waals surface area (Å²) in [5.41, 5.74) is 1.77. The second-order valence-electron chi connectivity index (χ2n) is 5.97. The lowest BCUT2D eigenvalue weighted by Gasteiger charge is -2.17. The van der Waals surface area contributed by atoms with Gasteiger partial charge in [0.15, 0.2) is 5.96 Å². The number of nitrogens with one attached hydrogen (secondary N) is 2. The maximum Gasteiger partial charge on any atom is 0.387 e. The molecule has 0 aliphatic rings. The first-order valence-electron chi connectivity index (χ1n) is 8.64. The van der Waals surface area contributed by atoms with Crippen molar-refractivity contribution in [2.75, 3.05) is 20.7 Å². The molecule has 7 heteroatoms. The van der Waals surface area contributed by atoms with Crippen LogP contribution in [0.2, 0.25) is 0 Å². The van der Waals surface area contributed by atoms with Crippen LogP contribution >= 0.6 is 0 Å². The number of guanidine groups is 1. The zero-order valence-corrected chi connectivity index (χ0v) is 15.7. The number of nitrogens with zero attached hydrogens (tertiary/aromatic N) is 1. The third kappa shape index (κ3) is 6.44. The molecule has 0 saturated carbocycles. The van der Waals surface area contributed by atoms with Crippen molar-refractivity contribution < 1.29 is 18.3 Å². The summed E-state index contributed by atoms with van der Waals surface area (Å²) < 4.78 is 35.0. The Morgan fingerprint density at radius 2 is 1.85 bits per heavy atom. The first-order valence-corrected chi connectivity index (χ1v) is 8.64. The summed E-state index contributed by atoms with van der Waals surface area (Å²) in [7, 11) is 3.18. The van der Waals surface area contributed by atoms with Crippen LogP contribution in [0.1, 0.15) is 24.0 Å². The van der Waals surface area contributed by atoms with Crippen molar-refractivity contribution in [3.8, 4) is 11.5 Å². The fraction of sp³-hybridized carbons (Fsp3) is 0.350. The molecular weight excluding hydrogens is 352 g/mol. The molecule has 2 aromatic rings. The number of methoxy groups -OCH3 is 1. The lowest BCUT2D eigenvalue weighted by atomic mass is 10.0. The Morgan fingerprint density at radius 3 is 2.48 bits per heavy atom. The summed E-state index contributed by atoms with van der Waals surface area (Å²) in [6.45, 7) is 0.175. The monoisotopic (exact) mass is 377 g/mol. The number of halogens is 2. The molecule has 1 atom stereocenters. The zero-order chi connectivity index (χ0) is 19.6. The van der Waals surface area contributed by atoms with Crippen LogP contribution in [0.3, 0.4) is 0 Å². The molecule has 0 heterocycles. The summed E-state index contributed by atoms with van der Waals surface area (Å²) in [5.74, 6) is 1.53. The van der Waals surface area contributed by atoms with Gasteiger partial charge in [0.2, 0.25) is 0 Å². The number of aliphatic imine (C=N–C) groups is 1. The second-order valence-corrected chi connectivity index (χ2v) is 5.97. The minimum atomic E-state index is -2.89. The van der Waals surface area contributed by atoms with Crippen LogP contribution in [0, 0.1) is 0 Å². The van der Waals surface area contributed by atoms with E-state index in [4.69, 9.17) is 4.74 Å². The Labute approximate surface area is 158 Å². The topological polar surface area (TPSA) is 54.9 Å². The molecule has 2 rings (SSSR count). The number of rotatable bonds is 8. The predicted molar refractivity (Wildman–Crippen MR) is 103 cm³/mol. The van der Waals surface area contributed by atoms with E-state index in [2.05, 4.69) is 39.4 Å². The number of hydrogen-bond acceptors (Lipinski definition) is 3. The zero-order valence-electron chi connectivity index (χ0n) is 15.7. The molecule has 1 unspecified atom stereocenters. The van der Waals surface area contributed by atoms with Crippen LogP contribution < -0.4 is 20.1 Å². The smallest absolute Gasteiger partial charge is 0.387 e. The SMILES string of the molecule is CN=C(NCc1cc(OC)ccc1OC(F)F)NCC(C)c1ccccc1. The van der Waals surface area contributed by atoms with Gasteiger partial charge in [0, 0.05) is 25.7 Å². The molecule has 0 amide bonds. The van der Waals surface area contributed by atoms with E-state index < -0.39 is 6.61 Å². The normalized spacial score (nSPS) is 12.6. The maximum atomic E-state index is 12.6. The van der Waals surface area contributed by atoms with Gasteiger partial charge in [0.05, 0.1) is 7.11 Å². The van der Waals surface area contributed by atoms with Gasteiger partial charge in [0.1, 0.15) is 11.5 Å². The first-order chi connectivity index (χ1) is 13.0. The standard InChI is InChI=1S/C20H25F2N3O2/c1-14(15-7-5-4-6-8-15)12-24-20(23-2)25-13-16-11-17(26-3)9-10-18(16)27-19(21)22/h4-11,14,19H,12-13H2,1-3H3,(H2,23,24,25). The largest absolute Gasteiger partial charge is 0.497 e. The Hall–Kier alpha value is -2.83. The predicted octanol–water partition coefficient (Wildman–Crippen LogP) is 3.77. The summed E-state index contributed by atoms with van der Waals surface area (Å²) in [5, 5.41) is 6.36. The van der Waals surface area contributed by atoms with Gasteiger partial charge < -0.3 is 20.1 Å². The molecule has 146 valence electrons. The van der Waals surface area contributed by atoms with Gasteiger partial charge in [-0.15, -0.1) is 0 Å². The molecular formula is C20H25F2N3O2. The summed E-state index contributed by atoms with van der Waals surface area (Å²) in [6, 6.07) is 14.9. The highest BCUT2D eigenvalue weighted by atomic mass is 19.3. The van der Waals surface area contributed by atoms with Gasteiger partial charge >= 0.3 is 6.61 Å². The van der Waals surface area contributed by atoms with E-state index in [0.717, 1.165) is 0 Å². The third-order valence-corrected chi connectivity index (χ3v) is 4.10. The molecule has 2 N–H and O–H groups in total. The highest BCUT2D eigenvalue weighted by Crippen LogP contribution is 2.25. The highest BCUT2D eigenvalue weighted by Gasteiger charge is 2.12. The summed E-state index contributed by atoms with van der Waals surface area (Å²) in [4.78, 5) is 4.18. The van der Waals surface area contributed by atoms with Crippen molar-refractivity contribution in [1.82, 2.24) is 10.6 Å². The van der Waals surface area contributed by atoms with Gasteiger partial charge in [-0.2, -0.15) is 8.78 Å². The van der Waals surface area contributed by atoms with Gasteiger partial charge in [-0.3, -0.25) is 4.99 Å². The molecule has 0 aromatic heterocycles. The van der Waals surface area contributed by atoms with E-state index in [-0.39, 0.29) is 12.3 Å². The van der Waals surface area contributed by atoms with Crippen molar-refractivity contribution in [2.45, 2.75) is 26.0 Å². The van der Waals surface area contributed by atoms with Crippen LogP contribution in [0.5, 0.6) is 11.5 Å². The van der Waals surface area contributed by atoms with Crippen molar-refractivity contribution in [1.29, 1.82) is 0 Å². The van der Waals surface area contributed by atoms with Crippen molar-refractivity contribution in [2.24, 2.45) is 4.99 Å². The van der Waals surface area contributed by atoms with Gasteiger partial charge in [-0.25, -0.2) is 0 Å². The van der Waals surface area contributed by atoms with Crippen molar-refractivity contribution in [3.63, 3.8) is 0 Å². The quantitative estimate of drug-likeness (QED) is 0.543. The molecule has 27 heavy (non-hydrogen) atoms. The van der Waals surface area contributed by atoms with Crippen LogP contribution in [0.4, 0.5) is 8.78 Å². The highest BCUT2D eigenvalue weighted by molar-refractivity contribution is 5.79. The van der Waals surface area contributed by atoms with E-state index in [1.54, 1.807) is 19.2 Å². The van der Waals surface area contributed by atoms with Crippen LogP contribution in [-0.2, 0) is 6.54 Å². The molecule has 2 aromatic carbocycles. The number of alkyl halides is 2. The average molecular weight is 377 g/mol. The van der Waals surface area contributed by atoms with Crippen LogP contribution in [0.25, 0.3) is 0 Å². The Morgan fingerprint density at radius 1 is 1.11 bits per heavy atom. The fourth-order valence-corrected chi connectivity index (χ4v) is 2.58. The van der Waals surface area contributed by atoms with Gasteiger partial charge in [0.25, 0.3) is 0 Å². The van der Waals surface area contributed by atoms with E-state index in [0.29, 0.717) is 29.7 Å². The van der Waals surface area contributed by atoms with E-state index in [9.17, 15) is 8.78 Å². The van der Waals surface area contributed by atoms with Crippen LogP contribution in [0.15, 0.2) is 53.5 Å². The molecule has 5 nitrogen and oxygen atoms in total. The lowest BCUT2D eigenvalue weighted by Crippen LogP contribution is -2.38. The average Bonchev–Trinajstić information content (AvgIpc) is 2.69. The first kappa shape index (κ1) is 20.5. The Kier molecular flexibility index (Phi) is 7.85. The lowest BCUT2D eigenvalue weighted by molar-refractivity contribution is -0.0504. The van der Waals surface area contributed by atoms with Crippen LogP contribution in [-0.4, -0.2) is 33.3 Å². The molecule has 0 aliphatic heterocycles. The maximum absolute atomic E-state index is 12.6. The minimum Gasteiger partial charge on any atom is -0.497 e. The molecule has 0 fully saturated rings. The Bertz CT molecular complexity index is 739. The number of benzene rings is 2. The molecule has 0 spiro atoms. The second kappa shape index (κ2) is 10.4. The van der Waals surface area contributed by atoms with Crippen molar-refractivity contribution in [3.05, 3.63) is 59.7 Å². The molecule has 0 bridgehead atoms.